The molecule has 6 heteroatoms. The van der Waals surface area contributed by atoms with Gasteiger partial charge in [-0.1, -0.05) is 18.3 Å². The number of thioether (sulfide) groups is 1. The number of morpholine rings is 1. The molecule has 1 N–H and O–H groups in total. The summed E-state index contributed by atoms with van der Waals surface area (Å²) >= 11 is 1.48. The number of aryl methyl sites for hydroxylation is 1. The molecule has 1 aliphatic heterocycles. The summed E-state index contributed by atoms with van der Waals surface area (Å²) in [5.74, 6) is 0.736. The highest BCUT2D eigenvalue weighted by Crippen LogP contribution is 2.30. The molecule has 0 unspecified atom stereocenters. The van der Waals surface area contributed by atoms with Gasteiger partial charge in [0.2, 0.25) is 0 Å². The highest BCUT2D eigenvalue weighted by Gasteiger charge is 2.18. The summed E-state index contributed by atoms with van der Waals surface area (Å²) in [6, 6.07) is 0. The van der Waals surface area contributed by atoms with Gasteiger partial charge in [-0.2, -0.15) is 4.98 Å². The molecule has 0 aliphatic carbocycles. The Balaban J connectivity index is 2.41. The SMILES string of the molecule is C=CSc1c(N2CCOCC2)nc(=O)[nH]c1C. The van der Waals surface area contributed by atoms with E-state index in [1.165, 1.54) is 11.8 Å². The van der Waals surface area contributed by atoms with Gasteiger partial charge in [0.05, 0.1) is 18.1 Å². The van der Waals surface area contributed by atoms with Crippen molar-refractivity contribution >= 4 is 17.6 Å². The van der Waals surface area contributed by atoms with Crippen molar-refractivity contribution in [3.05, 3.63) is 28.2 Å². The van der Waals surface area contributed by atoms with E-state index in [4.69, 9.17) is 4.74 Å². The molecule has 0 atom stereocenters. The first-order chi connectivity index (χ1) is 8.22. The second kappa shape index (κ2) is 5.37. The van der Waals surface area contributed by atoms with Crippen molar-refractivity contribution in [1.82, 2.24) is 9.97 Å². The Kier molecular flexibility index (Phi) is 3.86. The largest absolute Gasteiger partial charge is 0.378 e. The van der Waals surface area contributed by atoms with Gasteiger partial charge in [0.15, 0.2) is 0 Å². The van der Waals surface area contributed by atoms with Crippen LogP contribution in [0.4, 0.5) is 5.82 Å². The molecule has 0 aromatic carbocycles. The van der Waals surface area contributed by atoms with E-state index in [9.17, 15) is 4.79 Å². The smallest absolute Gasteiger partial charge is 0.347 e. The summed E-state index contributed by atoms with van der Waals surface area (Å²) in [6.45, 7) is 8.45. The van der Waals surface area contributed by atoms with Crippen LogP contribution < -0.4 is 10.6 Å². The number of H-pyrrole nitrogens is 1. The molecule has 1 saturated heterocycles. The van der Waals surface area contributed by atoms with Gasteiger partial charge in [-0.25, -0.2) is 4.79 Å². The monoisotopic (exact) mass is 253 g/mol. The summed E-state index contributed by atoms with van der Waals surface area (Å²) in [5, 5.41) is 1.74. The van der Waals surface area contributed by atoms with Crippen molar-refractivity contribution in [2.45, 2.75) is 11.8 Å². The van der Waals surface area contributed by atoms with Crippen LogP contribution in [0.1, 0.15) is 5.69 Å². The maximum Gasteiger partial charge on any atom is 0.347 e. The molecule has 0 bridgehead atoms. The van der Waals surface area contributed by atoms with Gasteiger partial charge in [-0.05, 0) is 12.3 Å². The van der Waals surface area contributed by atoms with Gasteiger partial charge in [-0.3, -0.25) is 0 Å². The second-order valence-electron chi connectivity index (χ2n) is 3.70. The van der Waals surface area contributed by atoms with E-state index in [0.717, 1.165) is 29.5 Å². The number of hydrogen-bond acceptors (Lipinski definition) is 5. The minimum atomic E-state index is -0.308. The van der Waals surface area contributed by atoms with Gasteiger partial charge in [0, 0.05) is 18.8 Å². The zero-order chi connectivity index (χ0) is 12.3. The van der Waals surface area contributed by atoms with Crippen molar-refractivity contribution < 1.29 is 4.74 Å². The van der Waals surface area contributed by atoms with Gasteiger partial charge in [-0.15, -0.1) is 0 Å². The summed E-state index contributed by atoms with van der Waals surface area (Å²) in [7, 11) is 0. The Morgan fingerprint density at radius 2 is 2.24 bits per heavy atom. The summed E-state index contributed by atoms with van der Waals surface area (Å²) < 4.78 is 5.30. The molecule has 2 heterocycles. The highest BCUT2D eigenvalue weighted by atomic mass is 32.2. The van der Waals surface area contributed by atoms with E-state index in [0.29, 0.717) is 13.2 Å². The van der Waals surface area contributed by atoms with Crippen LogP contribution in [-0.2, 0) is 4.74 Å². The molecular weight excluding hydrogens is 238 g/mol. The molecule has 5 nitrogen and oxygen atoms in total. The first-order valence-corrected chi connectivity index (χ1v) is 6.31. The molecule has 0 saturated carbocycles. The fourth-order valence-electron chi connectivity index (χ4n) is 1.77. The van der Waals surface area contributed by atoms with E-state index in [1.807, 2.05) is 6.92 Å². The number of nitrogens with one attached hydrogen (secondary N) is 1. The number of hydrogen-bond donors (Lipinski definition) is 1. The molecule has 0 amide bonds. The van der Waals surface area contributed by atoms with Crippen LogP contribution in [0, 0.1) is 6.92 Å². The normalized spacial score (nSPS) is 15.9. The number of nitrogens with zero attached hydrogens (tertiary/aromatic N) is 2. The highest BCUT2D eigenvalue weighted by molar-refractivity contribution is 8.02. The van der Waals surface area contributed by atoms with Crippen LogP contribution in [0.5, 0.6) is 0 Å². The molecule has 0 radical (unpaired) electrons. The zero-order valence-electron chi connectivity index (χ0n) is 9.73. The molecule has 1 aromatic heterocycles. The van der Waals surface area contributed by atoms with Crippen LogP contribution in [-0.4, -0.2) is 36.3 Å². The maximum absolute atomic E-state index is 11.5. The van der Waals surface area contributed by atoms with E-state index >= 15 is 0 Å². The minimum absolute atomic E-state index is 0.308. The second-order valence-corrected chi connectivity index (χ2v) is 4.68. The summed E-state index contributed by atoms with van der Waals surface area (Å²) in [4.78, 5) is 21.3. The predicted molar refractivity (Wildman–Crippen MR) is 68.7 cm³/mol. The lowest BCUT2D eigenvalue weighted by molar-refractivity contribution is 0.122. The van der Waals surface area contributed by atoms with Crippen LogP contribution in [0.2, 0.25) is 0 Å². The Hall–Kier alpha value is -1.27. The third-order valence-corrected chi connectivity index (χ3v) is 3.45. The Morgan fingerprint density at radius 3 is 2.88 bits per heavy atom. The molecule has 1 aromatic rings. The Labute approximate surface area is 104 Å². The lowest BCUT2D eigenvalue weighted by Gasteiger charge is -2.29. The molecule has 92 valence electrons. The van der Waals surface area contributed by atoms with Crippen LogP contribution in [0.25, 0.3) is 0 Å². The fourth-order valence-corrected chi connectivity index (χ4v) is 2.45. The average molecular weight is 253 g/mol. The maximum atomic E-state index is 11.5. The van der Waals surface area contributed by atoms with Crippen molar-refractivity contribution in [3.8, 4) is 0 Å². The van der Waals surface area contributed by atoms with Crippen molar-refractivity contribution in [2.24, 2.45) is 0 Å². The summed E-state index contributed by atoms with van der Waals surface area (Å²) in [6.07, 6.45) is 0. The van der Waals surface area contributed by atoms with Gasteiger partial charge in [0.1, 0.15) is 5.82 Å². The standard InChI is InChI=1S/C11H15N3O2S/c1-3-17-9-8(2)12-11(15)13-10(9)14-4-6-16-7-5-14/h3H,1,4-7H2,2H3,(H,12,13,15). The third-order valence-electron chi connectivity index (χ3n) is 2.56. The molecule has 1 aliphatic rings. The number of ether oxygens (including phenoxy) is 1. The molecule has 17 heavy (non-hydrogen) atoms. The Morgan fingerprint density at radius 1 is 1.53 bits per heavy atom. The van der Waals surface area contributed by atoms with E-state index < -0.39 is 0 Å². The lowest BCUT2D eigenvalue weighted by Crippen LogP contribution is -2.38. The van der Waals surface area contributed by atoms with Crippen LogP contribution >= 0.6 is 11.8 Å². The zero-order valence-corrected chi connectivity index (χ0v) is 10.5. The van der Waals surface area contributed by atoms with Crippen molar-refractivity contribution in [1.29, 1.82) is 0 Å². The van der Waals surface area contributed by atoms with E-state index in [-0.39, 0.29) is 5.69 Å². The van der Waals surface area contributed by atoms with E-state index in [2.05, 4.69) is 21.4 Å². The van der Waals surface area contributed by atoms with Crippen LogP contribution in [0.3, 0.4) is 0 Å². The predicted octanol–water partition coefficient (Wildman–Crippen LogP) is 1.15. The number of aromatic amines is 1. The van der Waals surface area contributed by atoms with Gasteiger partial charge >= 0.3 is 5.69 Å². The van der Waals surface area contributed by atoms with Crippen LogP contribution in [0.15, 0.2) is 21.7 Å². The lowest BCUT2D eigenvalue weighted by atomic mass is 10.3. The number of rotatable bonds is 3. The summed E-state index contributed by atoms with van der Waals surface area (Å²) in [5.41, 5.74) is 0.522. The number of aromatic nitrogens is 2. The van der Waals surface area contributed by atoms with Crippen molar-refractivity contribution in [2.75, 3.05) is 31.2 Å². The first-order valence-electron chi connectivity index (χ1n) is 5.43. The van der Waals surface area contributed by atoms with Crippen molar-refractivity contribution in [3.63, 3.8) is 0 Å². The minimum Gasteiger partial charge on any atom is -0.378 e. The van der Waals surface area contributed by atoms with Gasteiger partial charge in [0.25, 0.3) is 0 Å². The quantitative estimate of drug-likeness (QED) is 0.819. The average Bonchev–Trinajstić information content (AvgIpc) is 2.33. The molecule has 0 spiro atoms. The molecule has 2 rings (SSSR count). The fraction of sp³-hybridized carbons (Fsp3) is 0.455. The number of anilines is 1. The first kappa shape index (κ1) is 12.2. The van der Waals surface area contributed by atoms with Gasteiger partial charge < -0.3 is 14.6 Å². The molecular formula is C11H15N3O2S. The topological polar surface area (TPSA) is 58.2 Å². The molecule has 1 fully saturated rings. The third kappa shape index (κ3) is 2.70. The Bertz CT molecular complexity index is 466. The van der Waals surface area contributed by atoms with E-state index in [1.54, 1.807) is 5.41 Å².